The number of rotatable bonds is 6. The number of aromatic nitrogens is 2. The second-order valence-corrected chi connectivity index (χ2v) is 9.41. The van der Waals surface area contributed by atoms with E-state index >= 15 is 0 Å². The fourth-order valence-electron chi connectivity index (χ4n) is 4.69. The van der Waals surface area contributed by atoms with Gasteiger partial charge in [-0.2, -0.15) is 0 Å². The average Bonchev–Trinajstić information content (AvgIpc) is 3.26. The van der Waals surface area contributed by atoms with E-state index in [0.717, 1.165) is 35.0 Å². The second kappa shape index (κ2) is 9.65. The van der Waals surface area contributed by atoms with Crippen LogP contribution < -0.4 is 10.2 Å². The molecule has 1 N–H and O–H groups in total. The lowest BCUT2D eigenvalue weighted by Crippen LogP contribution is -2.43. The van der Waals surface area contributed by atoms with Gasteiger partial charge in [0.15, 0.2) is 0 Å². The van der Waals surface area contributed by atoms with Crippen LogP contribution in [0.1, 0.15) is 48.6 Å². The molecule has 5 nitrogen and oxygen atoms in total. The zero-order chi connectivity index (χ0) is 21.9. The molecule has 0 bridgehead atoms. The third-order valence-electron chi connectivity index (χ3n) is 6.36. The minimum atomic E-state index is 0.475. The van der Waals surface area contributed by atoms with E-state index in [-0.39, 0.29) is 0 Å². The Hall–Kier alpha value is -2.34. The van der Waals surface area contributed by atoms with Crippen LogP contribution in [0.5, 0.6) is 0 Å². The summed E-state index contributed by atoms with van der Waals surface area (Å²) in [5.41, 5.74) is 3.62. The van der Waals surface area contributed by atoms with Gasteiger partial charge in [-0.15, -0.1) is 10.2 Å². The Morgan fingerprint density at radius 1 is 0.938 bits per heavy atom. The highest BCUT2D eigenvalue weighted by Crippen LogP contribution is 2.34. The van der Waals surface area contributed by atoms with Crippen LogP contribution in [0, 0.1) is 0 Å². The van der Waals surface area contributed by atoms with Crippen LogP contribution in [0.15, 0.2) is 53.0 Å². The molecular formula is C25H26Cl2N4O. The highest BCUT2D eigenvalue weighted by molar-refractivity contribution is 6.31. The van der Waals surface area contributed by atoms with E-state index in [1.54, 1.807) is 0 Å². The standard InChI is InChI=1S/C25H26Cl2N4O/c26-19-5-3-17(4-6-19)14-24-29-30-25(32-24)16-28-21-8-10-22(11-9-21)31-13-1-2-18-15-20(27)7-12-23(18)31/h1-7,12,15,21-22,28H,8-11,13-14,16H2/t21-,22-. The fourth-order valence-corrected chi connectivity index (χ4v) is 5.00. The smallest absolute Gasteiger partial charge is 0.230 e. The molecule has 0 spiro atoms. The van der Waals surface area contributed by atoms with Gasteiger partial charge >= 0.3 is 0 Å². The Labute approximate surface area is 198 Å². The molecule has 3 aromatic rings. The quantitative estimate of drug-likeness (QED) is 0.487. The zero-order valence-electron chi connectivity index (χ0n) is 17.8. The van der Waals surface area contributed by atoms with E-state index in [4.69, 9.17) is 27.6 Å². The van der Waals surface area contributed by atoms with Crippen LogP contribution in [-0.2, 0) is 13.0 Å². The lowest BCUT2D eigenvalue weighted by Gasteiger charge is -2.40. The van der Waals surface area contributed by atoms with Gasteiger partial charge in [0.2, 0.25) is 11.8 Å². The number of hydrogen-bond donors (Lipinski definition) is 1. The van der Waals surface area contributed by atoms with Crippen LogP contribution in [0.3, 0.4) is 0 Å². The fraction of sp³-hybridized carbons (Fsp3) is 0.360. The highest BCUT2D eigenvalue weighted by Gasteiger charge is 2.27. The van der Waals surface area contributed by atoms with E-state index in [0.29, 0.717) is 36.8 Å². The van der Waals surface area contributed by atoms with Crippen molar-refractivity contribution in [2.24, 2.45) is 0 Å². The van der Waals surface area contributed by atoms with Gasteiger partial charge in [0.25, 0.3) is 0 Å². The summed E-state index contributed by atoms with van der Waals surface area (Å²) in [6.07, 6.45) is 9.64. The van der Waals surface area contributed by atoms with E-state index in [1.165, 1.54) is 24.1 Å². The molecule has 5 rings (SSSR count). The second-order valence-electron chi connectivity index (χ2n) is 8.54. The molecule has 1 aliphatic carbocycles. The summed E-state index contributed by atoms with van der Waals surface area (Å²) in [5, 5.41) is 13.5. The molecule has 2 aliphatic rings. The molecule has 32 heavy (non-hydrogen) atoms. The Balaban J connectivity index is 1.11. The van der Waals surface area contributed by atoms with E-state index < -0.39 is 0 Å². The summed E-state index contributed by atoms with van der Waals surface area (Å²) < 4.78 is 5.83. The number of halogens is 2. The molecule has 1 aliphatic heterocycles. The summed E-state index contributed by atoms with van der Waals surface area (Å²) in [6, 6.07) is 14.9. The first-order valence-corrected chi connectivity index (χ1v) is 11.9. The molecule has 0 amide bonds. The molecule has 1 fully saturated rings. The van der Waals surface area contributed by atoms with Gasteiger partial charge in [0, 0.05) is 34.4 Å². The zero-order valence-corrected chi connectivity index (χ0v) is 19.3. The number of fused-ring (bicyclic) bond motifs is 1. The first-order chi connectivity index (χ1) is 15.6. The Kier molecular flexibility index (Phi) is 6.49. The van der Waals surface area contributed by atoms with Crippen molar-refractivity contribution in [2.75, 3.05) is 11.4 Å². The minimum Gasteiger partial charge on any atom is -0.424 e. The third kappa shape index (κ3) is 5.01. The normalized spacial score (nSPS) is 20.4. The third-order valence-corrected chi connectivity index (χ3v) is 6.84. The first-order valence-electron chi connectivity index (χ1n) is 11.2. The Bertz CT molecular complexity index is 1090. The number of benzene rings is 2. The predicted octanol–water partition coefficient (Wildman–Crippen LogP) is 5.90. The van der Waals surface area contributed by atoms with Crippen molar-refractivity contribution in [1.29, 1.82) is 0 Å². The van der Waals surface area contributed by atoms with E-state index in [2.05, 4.69) is 44.7 Å². The molecule has 166 valence electrons. The monoisotopic (exact) mass is 468 g/mol. The van der Waals surface area contributed by atoms with Crippen molar-refractivity contribution in [3.8, 4) is 0 Å². The molecule has 1 saturated carbocycles. The van der Waals surface area contributed by atoms with Crippen molar-refractivity contribution >= 4 is 35.0 Å². The molecule has 2 heterocycles. The summed E-state index contributed by atoms with van der Waals surface area (Å²) >= 11 is 12.1. The number of anilines is 1. The largest absolute Gasteiger partial charge is 0.424 e. The van der Waals surface area contributed by atoms with Gasteiger partial charge < -0.3 is 14.6 Å². The topological polar surface area (TPSA) is 54.2 Å². The summed E-state index contributed by atoms with van der Waals surface area (Å²) in [4.78, 5) is 2.53. The summed E-state index contributed by atoms with van der Waals surface area (Å²) in [5.74, 6) is 1.27. The van der Waals surface area contributed by atoms with Gasteiger partial charge in [-0.05, 0) is 67.1 Å². The Morgan fingerprint density at radius 3 is 2.50 bits per heavy atom. The van der Waals surface area contributed by atoms with Crippen LogP contribution in [0.4, 0.5) is 5.69 Å². The molecule has 0 saturated heterocycles. The lowest BCUT2D eigenvalue weighted by molar-refractivity contribution is 0.319. The van der Waals surface area contributed by atoms with Gasteiger partial charge in [0.05, 0.1) is 13.0 Å². The number of nitrogens with one attached hydrogen (secondary N) is 1. The van der Waals surface area contributed by atoms with Crippen molar-refractivity contribution in [3.63, 3.8) is 0 Å². The van der Waals surface area contributed by atoms with Gasteiger partial charge in [-0.25, -0.2) is 0 Å². The number of nitrogens with zero attached hydrogens (tertiary/aromatic N) is 3. The highest BCUT2D eigenvalue weighted by atomic mass is 35.5. The molecule has 2 aromatic carbocycles. The predicted molar refractivity (Wildman–Crippen MR) is 129 cm³/mol. The molecule has 7 heteroatoms. The lowest BCUT2D eigenvalue weighted by atomic mass is 9.89. The number of hydrogen-bond acceptors (Lipinski definition) is 5. The first kappa shape index (κ1) is 21.5. The van der Waals surface area contributed by atoms with Gasteiger partial charge in [-0.1, -0.05) is 47.5 Å². The summed E-state index contributed by atoms with van der Waals surface area (Å²) in [6.45, 7) is 1.58. The maximum atomic E-state index is 6.18. The molecule has 0 radical (unpaired) electrons. The Morgan fingerprint density at radius 2 is 1.69 bits per heavy atom. The maximum Gasteiger partial charge on any atom is 0.230 e. The van der Waals surface area contributed by atoms with Crippen molar-refractivity contribution in [2.45, 2.75) is 50.7 Å². The van der Waals surface area contributed by atoms with E-state index in [9.17, 15) is 0 Å². The maximum absolute atomic E-state index is 6.18. The molecule has 0 unspecified atom stereocenters. The van der Waals surface area contributed by atoms with Gasteiger partial charge in [-0.3, -0.25) is 0 Å². The van der Waals surface area contributed by atoms with Crippen LogP contribution in [-0.4, -0.2) is 28.8 Å². The van der Waals surface area contributed by atoms with Crippen LogP contribution in [0.25, 0.3) is 6.08 Å². The van der Waals surface area contributed by atoms with Crippen LogP contribution >= 0.6 is 23.2 Å². The minimum absolute atomic E-state index is 0.475. The SMILES string of the molecule is Clc1ccc(Cc2nnc(CN[C@H]3CC[C@H](N4CC=Cc5cc(Cl)ccc54)CC3)o2)cc1. The average molecular weight is 469 g/mol. The van der Waals surface area contributed by atoms with E-state index in [1.807, 2.05) is 30.3 Å². The van der Waals surface area contributed by atoms with Gasteiger partial charge in [0.1, 0.15) is 0 Å². The van der Waals surface area contributed by atoms with Crippen molar-refractivity contribution in [1.82, 2.24) is 15.5 Å². The van der Waals surface area contributed by atoms with Crippen LogP contribution in [0.2, 0.25) is 10.0 Å². The van der Waals surface area contributed by atoms with Crippen molar-refractivity contribution < 1.29 is 4.42 Å². The molecule has 1 aromatic heterocycles. The molecule has 0 atom stereocenters. The summed E-state index contributed by atoms with van der Waals surface area (Å²) in [7, 11) is 0. The molecular weight excluding hydrogens is 443 g/mol. The van der Waals surface area contributed by atoms with Crippen molar-refractivity contribution in [3.05, 3.63) is 81.5 Å².